The van der Waals surface area contributed by atoms with Gasteiger partial charge in [-0.15, -0.1) is 0 Å². The van der Waals surface area contributed by atoms with Gasteiger partial charge in [0.25, 0.3) is 0 Å². The van der Waals surface area contributed by atoms with Crippen LogP contribution in [-0.2, 0) is 13.6 Å². The maximum absolute atomic E-state index is 4.38. The zero-order valence-corrected chi connectivity index (χ0v) is 11.9. The number of aromatic nitrogens is 2. The molecular weight excluding hydrogens is 224 g/mol. The molecule has 2 rings (SSSR count). The molecule has 0 aromatic carbocycles. The van der Waals surface area contributed by atoms with E-state index in [0.29, 0.717) is 6.04 Å². The summed E-state index contributed by atoms with van der Waals surface area (Å²) in [5.41, 5.74) is 0. The molecule has 1 aliphatic carbocycles. The van der Waals surface area contributed by atoms with Crippen LogP contribution in [0.15, 0.2) is 12.4 Å². The van der Waals surface area contributed by atoms with Gasteiger partial charge in [-0.1, -0.05) is 0 Å². The van der Waals surface area contributed by atoms with Crippen LogP contribution < -0.4 is 5.32 Å². The van der Waals surface area contributed by atoms with Crippen molar-refractivity contribution in [2.45, 2.75) is 51.2 Å². The van der Waals surface area contributed by atoms with Crippen LogP contribution in [0.4, 0.5) is 0 Å². The molecule has 0 saturated heterocycles. The average Bonchev–Trinajstić information content (AvgIpc) is 3.09. The molecule has 1 atom stereocenters. The van der Waals surface area contributed by atoms with E-state index in [0.717, 1.165) is 18.4 Å². The van der Waals surface area contributed by atoms with Gasteiger partial charge in [-0.2, -0.15) is 0 Å². The van der Waals surface area contributed by atoms with Gasteiger partial charge >= 0.3 is 0 Å². The SMILES string of the molecule is CC(CCCNC1CC1)N(C)Cc1nccn1C. The lowest BCUT2D eigenvalue weighted by molar-refractivity contribution is 0.227. The Hall–Kier alpha value is -0.870. The molecule has 1 unspecified atom stereocenters. The lowest BCUT2D eigenvalue weighted by Gasteiger charge is -2.24. The Morgan fingerprint density at radius 2 is 2.33 bits per heavy atom. The maximum atomic E-state index is 4.38. The highest BCUT2D eigenvalue weighted by molar-refractivity contribution is 4.91. The summed E-state index contributed by atoms with van der Waals surface area (Å²) in [6.07, 6.45) is 9.16. The second kappa shape index (κ2) is 6.34. The van der Waals surface area contributed by atoms with Crippen LogP contribution >= 0.6 is 0 Å². The van der Waals surface area contributed by atoms with E-state index >= 15 is 0 Å². The first-order valence-electron chi connectivity index (χ1n) is 7.06. The minimum absolute atomic E-state index is 0.614. The fraction of sp³-hybridized carbons (Fsp3) is 0.786. The number of rotatable bonds is 8. The lowest BCUT2D eigenvalue weighted by Crippen LogP contribution is -2.30. The summed E-state index contributed by atoms with van der Waals surface area (Å²) >= 11 is 0. The summed E-state index contributed by atoms with van der Waals surface area (Å²) in [5.74, 6) is 1.14. The molecule has 0 radical (unpaired) electrons. The highest BCUT2D eigenvalue weighted by Crippen LogP contribution is 2.18. The van der Waals surface area contributed by atoms with Crippen LogP contribution in [0.25, 0.3) is 0 Å². The maximum Gasteiger partial charge on any atom is 0.122 e. The van der Waals surface area contributed by atoms with Gasteiger partial charge in [0.15, 0.2) is 0 Å². The van der Waals surface area contributed by atoms with E-state index in [-0.39, 0.29) is 0 Å². The van der Waals surface area contributed by atoms with Crippen molar-refractivity contribution in [3.05, 3.63) is 18.2 Å². The highest BCUT2D eigenvalue weighted by atomic mass is 15.2. The number of nitrogens with one attached hydrogen (secondary N) is 1. The zero-order chi connectivity index (χ0) is 13.0. The summed E-state index contributed by atoms with van der Waals surface area (Å²) < 4.78 is 2.10. The normalized spacial score (nSPS) is 17.3. The summed E-state index contributed by atoms with van der Waals surface area (Å²) in [4.78, 5) is 6.76. The Kier molecular flexibility index (Phi) is 4.78. The zero-order valence-electron chi connectivity index (χ0n) is 11.9. The molecule has 0 bridgehead atoms. The second-order valence-electron chi connectivity index (χ2n) is 5.59. The van der Waals surface area contributed by atoms with Crippen LogP contribution in [0.5, 0.6) is 0 Å². The molecule has 1 fully saturated rings. The number of aryl methyl sites for hydroxylation is 1. The molecule has 0 aliphatic heterocycles. The van der Waals surface area contributed by atoms with Crippen LogP contribution in [0.2, 0.25) is 0 Å². The van der Waals surface area contributed by atoms with E-state index in [9.17, 15) is 0 Å². The molecule has 1 aromatic heterocycles. The standard InChI is InChI=1S/C14H26N4/c1-12(5-4-8-15-13-6-7-13)18(3)11-14-16-9-10-17(14)2/h9-10,12-13,15H,4-8,11H2,1-3H3. The molecule has 1 aliphatic rings. The highest BCUT2D eigenvalue weighted by Gasteiger charge is 2.19. The second-order valence-corrected chi connectivity index (χ2v) is 5.59. The van der Waals surface area contributed by atoms with Crippen LogP contribution in [0.1, 0.15) is 38.4 Å². The van der Waals surface area contributed by atoms with E-state index in [1.54, 1.807) is 0 Å². The first-order chi connectivity index (χ1) is 8.66. The molecular formula is C14H26N4. The first-order valence-corrected chi connectivity index (χ1v) is 7.06. The minimum Gasteiger partial charge on any atom is -0.337 e. The molecule has 1 N–H and O–H groups in total. The number of hydrogen-bond acceptors (Lipinski definition) is 3. The Labute approximate surface area is 110 Å². The van der Waals surface area contributed by atoms with E-state index < -0.39 is 0 Å². The molecule has 1 saturated carbocycles. The quantitative estimate of drug-likeness (QED) is 0.714. The third kappa shape index (κ3) is 4.10. The summed E-state index contributed by atoms with van der Waals surface area (Å²) in [7, 11) is 4.24. The van der Waals surface area contributed by atoms with Gasteiger partial charge in [-0.3, -0.25) is 4.90 Å². The summed E-state index contributed by atoms with van der Waals surface area (Å²) in [5, 5.41) is 3.57. The van der Waals surface area contributed by atoms with E-state index in [1.165, 1.54) is 32.2 Å². The van der Waals surface area contributed by atoms with E-state index in [1.807, 2.05) is 12.4 Å². The van der Waals surface area contributed by atoms with Crippen LogP contribution in [0.3, 0.4) is 0 Å². The topological polar surface area (TPSA) is 33.1 Å². The van der Waals surface area contributed by atoms with Gasteiger partial charge in [-0.25, -0.2) is 4.98 Å². The number of hydrogen-bond donors (Lipinski definition) is 1. The smallest absolute Gasteiger partial charge is 0.122 e. The van der Waals surface area contributed by atoms with Gasteiger partial charge in [0, 0.05) is 31.5 Å². The monoisotopic (exact) mass is 250 g/mol. The fourth-order valence-corrected chi connectivity index (χ4v) is 2.14. The average molecular weight is 250 g/mol. The van der Waals surface area contributed by atoms with Crippen molar-refractivity contribution in [1.29, 1.82) is 0 Å². The van der Waals surface area contributed by atoms with Crippen molar-refractivity contribution < 1.29 is 0 Å². The van der Waals surface area contributed by atoms with Gasteiger partial charge in [0.1, 0.15) is 5.82 Å². The third-order valence-electron chi connectivity index (χ3n) is 3.87. The molecule has 4 heteroatoms. The fourth-order valence-electron chi connectivity index (χ4n) is 2.14. The largest absolute Gasteiger partial charge is 0.337 e. The molecule has 102 valence electrons. The Morgan fingerprint density at radius 3 is 2.94 bits per heavy atom. The molecule has 0 amide bonds. The minimum atomic E-state index is 0.614. The van der Waals surface area contributed by atoms with E-state index in [4.69, 9.17) is 0 Å². The van der Waals surface area contributed by atoms with Crippen molar-refractivity contribution >= 4 is 0 Å². The van der Waals surface area contributed by atoms with Gasteiger partial charge in [0.05, 0.1) is 6.54 Å². The Morgan fingerprint density at radius 1 is 1.56 bits per heavy atom. The summed E-state index contributed by atoms with van der Waals surface area (Å²) in [6.45, 7) is 4.41. The van der Waals surface area contributed by atoms with Crippen molar-refractivity contribution in [2.24, 2.45) is 7.05 Å². The molecule has 0 spiro atoms. The van der Waals surface area contributed by atoms with Gasteiger partial charge in [-0.05, 0) is 46.2 Å². The van der Waals surface area contributed by atoms with Crippen molar-refractivity contribution in [2.75, 3.05) is 13.6 Å². The number of imidazole rings is 1. The summed E-state index contributed by atoms with van der Waals surface area (Å²) in [6, 6.07) is 1.45. The first kappa shape index (κ1) is 13.6. The molecule has 4 nitrogen and oxygen atoms in total. The molecule has 18 heavy (non-hydrogen) atoms. The Balaban J connectivity index is 1.64. The predicted molar refractivity (Wildman–Crippen MR) is 74.4 cm³/mol. The van der Waals surface area contributed by atoms with Crippen molar-refractivity contribution in [1.82, 2.24) is 19.8 Å². The van der Waals surface area contributed by atoms with Crippen LogP contribution in [0, 0.1) is 0 Å². The molecule has 1 aromatic rings. The van der Waals surface area contributed by atoms with Gasteiger partial charge in [0.2, 0.25) is 0 Å². The Bertz CT molecular complexity index is 356. The third-order valence-corrected chi connectivity index (χ3v) is 3.87. The van der Waals surface area contributed by atoms with Gasteiger partial charge < -0.3 is 9.88 Å². The predicted octanol–water partition coefficient (Wildman–Crippen LogP) is 1.77. The number of nitrogens with zero attached hydrogens (tertiary/aromatic N) is 3. The molecule has 1 heterocycles. The van der Waals surface area contributed by atoms with E-state index in [2.05, 4.69) is 40.8 Å². The van der Waals surface area contributed by atoms with Crippen molar-refractivity contribution in [3.8, 4) is 0 Å². The van der Waals surface area contributed by atoms with Crippen LogP contribution in [-0.4, -0.2) is 40.1 Å². The lowest BCUT2D eigenvalue weighted by atomic mass is 10.1. The van der Waals surface area contributed by atoms with Crippen molar-refractivity contribution in [3.63, 3.8) is 0 Å².